The predicted octanol–water partition coefficient (Wildman–Crippen LogP) is 4.63. The van der Waals surface area contributed by atoms with Crippen molar-refractivity contribution in [2.75, 3.05) is 13.7 Å². The molecule has 0 aromatic heterocycles. The minimum atomic E-state index is -0.282. The molecule has 1 heterocycles. The smallest absolute Gasteiger partial charge is 0.265 e. The fourth-order valence-corrected chi connectivity index (χ4v) is 3.62. The number of ether oxygens (including phenoxy) is 2. The Bertz CT molecular complexity index is 897. The van der Waals surface area contributed by atoms with Gasteiger partial charge in [0.15, 0.2) is 11.5 Å². The van der Waals surface area contributed by atoms with Crippen molar-refractivity contribution in [1.29, 1.82) is 0 Å². The molecule has 1 aliphatic rings. The van der Waals surface area contributed by atoms with Crippen LogP contribution in [0.2, 0.25) is 0 Å². The van der Waals surface area contributed by atoms with Crippen LogP contribution in [0.15, 0.2) is 47.4 Å². The van der Waals surface area contributed by atoms with Crippen LogP contribution in [0.1, 0.15) is 18.1 Å². The van der Waals surface area contributed by atoms with E-state index in [1.165, 1.54) is 28.8 Å². The number of likely N-dealkylation sites (N-methyl/N-ethyl adjacent to an activating group) is 1. The zero-order chi connectivity index (χ0) is 19.4. The maximum Gasteiger partial charge on any atom is 0.265 e. The average molecular weight is 404 g/mol. The van der Waals surface area contributed by atoms with Gasteiger partial charge in [-0.2, -0.15) is 0 Å². The van der Waals surface area contributed by atoms with E-state index >= 15 is 0 Å². The van der Waals surface area contributed by atoms with Gasteiger partial charge in [-0.1, -0.05) is 42.2 Å². The molecule has 1 amide bonds. The summed E-state index contributed by atoms with van der Waals surface area (Å²) in [5.41, 5.74) is 1.68. The number of hydrogen-bond acceptors (Lipinski definition) is 5. The lowest BCUT2D eigenvalue weighted by molar-refractivity contribution is -0.121. The molecule has 0 saturated carbocycles. The highest BCUT2D eigenvalue weighted by atomic mass is 32.2. The van der Waals surface area contributed by atoms with Crippen molar-refractivity contribution >= 4 is 40.3 Å². The number of hydrogen-bond donors (Lipinski definition) is 0. The lowest BCUT2D eigenvalue weighted by Crippen LogP contribution is -2.22. The number of thiocarbonyl (C=S) groups is 1. The van der Waals surface area contributed by atoms with E-state index in [1.807, 2.05) is 19.1 Å². The maximum absolute atomic E-state index is 13.0. The second kappa shape index (κ2) is 8.54. The minimum absolute atomic E-state index is 0.111. The van der Waals surface area contributed by atoms with Gasteiger partial charge >= 0.3 is 0 Å². The molecule has 27 heavy (non-hydrogen) atoms. The lowest BCUT2D eigenvalue weighted by Gasteiger charge is -2.13. The second-order valence-electron chi connectivity index (χ2n) is 5.80. The van der Waals surface area contributed by atoms with Crippen molar-refractivity contribution < 1.29 is 18.7 Å². The van der Waals surface area contributed by atoms with E-state index < -0.39 is 0 Å². The number of rotatable bonds is 6. The summed E-state index contributed by atoms with van der Waals surface area (Å²) in [6, 6.07) is 11.6. The second-order valence-corrected chi connectivity index (χ2v) is 7.47. The summed E-state index contributed by atoms with van der Waals surface area (Å²) in [4.78, 5) is 14.2. The van der Waals surface area contributed by atoms with E-state index in [9.17, 15) is 9.18 Å². The fraction of sp³-hybridized carbons (Fsp3) is 0.200. The Kier molecular flexibility index (Phi) is 6.13. The van der Waals surface area contributed by atoms with E-state index in [2.05, 4.69) is 0 Å². The third-order valence-electron chi connectivity index (χ3n) is 3.86. The normalized spacial score (nSPS) is 15.5. The van der Waals surface area contributed by atoms with Gasteiger partial charge < -0.3 is 9.47 Å². The summed E-state index contributed by atoms with van der Waals surface area (Å²) in [6.07, 6.45) is 1.79. The van der Waals surface area contributed by atoms with Crippen molar-refractivity contribution in [3.8, 4) is 11.5 Å². The van der Waals surface area contributed by atoms with E-state index in [4.69, 9.17) is 21.7 Å². The van der Waals surface area contributed by atoms with Crippen LogP contribution in [-0.4, -0.2) is 28.8 Å². The van der Waals surface area contributed by atoms with E-state index in [-0.39, 0.29) is 11.7 Å². The van der Waals surface area contributed by atoms with Gasteiger partial charge in [-0.25, -0.2) is 4.39 Å². The topological polar surface area (TPSA) is 38.8 Å². The molecular formula is C20H18FNO3S2. The van der Waals surface area contributed by atoms with Crippen molar-refractivity contribution in [3.63, 3.8) is 0 Å². The molecule has 1 aliphatic heterocycles. The van der Waals surface area contributed by atoms with Gasteiger partial charge in [-0.3, -0.25) is 9.69 Å². The summed E-state index contributed by atoms with van der Waals surface area (Å²) >= 11 is 6.42. The summed E-state index contributed by atoms with van der Waals surface area (Å²) < 4.78 is 25.0. The number of halogens is 1. The Morgan fingerprint density at radius 2 is 1.89 bits per heavy atom. The Morgan fingerprint density at radius 1 is 1.15 bits per heavy atom. The lowest BCUT2D eigenvalue weighted by atomic mass is 10.1. The SMILES string of the molecule is CCOc1cc(/C=C2\SC(=S)N(C)C2=O)ccc1OCc1ccc(F)cc1. The van der Waals surface area contributed by atoms with Crippen molar-refractivity contribution in [2.45, 2.75) is 13.5 Å². The maximum atomic E-state index is 13.0. The van der Waals surface area contributed by atoms with Crippen LogP contribution in [0.3, 0.4) is 0 Å². The molecule has 1 fully saturated rings. The predicted molar refractivity (Wildman–Crippen MR) is 109 cm³/mol. The van der Waals surface area contributed by atoms with Crippen LogP contribution >= 0.6 is 24.0 Å². The van der Waals surface area contributed by atoms with Crippen LogP contribution in [0.25, 0.3) is 6.08 Å². The number of carbonyl (C=O) groups is 1. The third kappa shape index (κ3) is 4.67. The monoisotopic (exact) mass is 403 g/mol. The Morgan fingerprint density at radius 3 is 2.52 bits per heavy atom. The first-order valence-electron chi connectivity index (χ1n) is 8.33. The number of thioether (sulfide) groups is 1. The Labute approximate surface area is 167 Å². The summed E-state index contributed by atoms with van der Waals surface area (Å²) in [6.45, 7) is 2.67. The highest BCUT2D eigenvalue weighted by molar-refractivity contribution is 8.26. The zero-order valence-corrected chi connectivity index (χ0v) is 16.5. The molecule has 0 spiro atoms. The molecule has 4 nitrogen and oxygen atoms in total. The number of benzene rings is 2. The summed E-state index contributed by atoms with van der Waals surface area (Å²) in [7, 11) is 1.66. The van der Waals surface area contributed by atoms with Crippen LogP contribution in [0.5, 0.6) is 11.5 Å². The first-order chi connectivity index (χ1) is 13.0. The molecule has 140 valence electrons. The van der Waals surface area contributed by atoms with Gasteiger partial charge in [0, 0.05) is 7.05 Å². The van der Waals surface area contributed by atoms with Crippen LogP contribution in [0.4, 0.5) is 4.39 Å². The van der Waals surface area contributed by atoms with Gasteiger partial charge in [-0.15, -0.1) is 0 Å². The highest BCUT2D eigenvalue weighted by Crippen LogP contribution is 2.34. The molecule has 7 heteroatoms. The standard InChI is InChI=1S/C20H18FNO3S2/c1-3-24-17-10-14(11-18-19(23)22(2)20(26)27-18)6-9-16(17)25-12-13-4-7-15(21)8-5-13/h4-11H,3,12H2,1-2H3/b18-11-. The molecule has 3 rings (SSSR count). The Hall–Kier alpha value is -2.38. The average Bonchev–Trinajstić information content (AvgIpc) is 2.89. The van der Waals surface area contributed by atoms with Gasteiger partial charge in [0.05, 0.1) is 11.5 Å². The first kappa shape index (κ1) is 19.4. The fourth-order valence-electron chi connectivity index (χ4n) is 2.44. The summed E-state index contributed by atoms with van der Waals surface area (Å²) in [5.74, 6) is 0.775. The molecule has 0 bridgehead atoms. The molecule has 0 radical (unpaired) electrons. The minimum Gasteiger partial charge on any atom is -0.490 e. The van der Waals surface area contributed by atoms with Gasteiger partial charge in [0.1, 0.15) is 16.7 Å². The number of nitrogens with zero attached hydrogens (tertiary/aromatic N) is 1. The zero-order valence-electron chi connectivity index (χ0n) is 14.9. The van der Waals surface area contributed by atoms with E-state index in [1.54, 1.807) is 31.3 Å². The quantitative estimate of drug-likeness (QED) is 0.519. The van der Waals surface area contributed by atoms with Crippen molar-refractivity contribution in [2.24, 2.45) is 0 Å². The molecule has 0 atom stereocenters. The van der Waals surface area contributed by atoms with Crippen molar-refractivity contribution in [3.05, 3.63) is 64.3 Å². The van der Waals surface area contributed by atoms with Gasteiger partial charge in [0.2, 0.25) is 0 Å². The van der Waals surface area contributed by atoms with Crippen molar-refractivity contribution in [1.82, 2.24) is 4.90 Å². The highest BCUT2D eigenvalue weighted by Gasteiger charge is 2.28. The molecule has 2 aromatic carbocycles. The van der Waals surface area contributed by atoms with E-state index in [0.29, 0.717) is 33.9 Å². The molecule has 0 N–H and O–H groups in total. The summed E-state index contributed by atoms with van der Waals surface area (Å²) in [5, 5.41) is 0. The van der Waals surface area contributed by atoms with Crippen LogP contribution in [0, 0.1) is 5.82 Å². The molecule has 0 aliphatic carbocycles. The largest absolute Gasteiger partial charge is 0.490 e. The first-order valence-corrected chi connectivity index (χ1v) is 9.56. The Balaban J connectivity index is 1.79. The molecule has 0 unspecified atom stereocenters. The van der Waals surface area contributed by atoms with E-state index in [0.717, 1.165) is 11.1 Å². The number of amides is 1. The van der Waals surface area contributed by atoms with Crippen LogP contribution < -0.4 is 9.47 Å². The third-order valence-corrected chi connectivity index (χ3v) is 5.34. The number of carbonyl (C=O) groups excluding carboxylic acids is 1. The van der Waals surface area contributed by atoms with Crippen LogP contribution in [-0.2, 0) is 11.4 Å². The molecule has 2 aromatic rings. The van der Waals surface area contributed by atoms with Gasteiger partial charge in [0.25, 0.3) is 5.91 Å². The molecule has 1 saturated heterocycles. The molecular weight excluding hydrogens is 385 g/mol. The van der Waals surface area contributed by atoms with Gasteiger partial charge in [-0.05, 0) is 48.4 Å².